The summed E-state index contributed by atoms with van der Waals surface area (Å²) in [6, 6.07) is 5.33. The first-order valence-corrected chi connectivity index (χ1v) is 6.83. The van der Waals surface area contributed by atoms with E-state index in [0.29, 0.717) is 6.54 Å². The van der Waals surface area contributed by atoms with Crippen LogP contribution in [0.4, 0.5) is 0 Å². The number of amides is 2. The van der Waals surface area contributed by atoms with Gasteiger partial charge in [-0.2, -0.15) is 0 Å². The number of carbonyl (C=O) groups is 2. The van der Waals surface area contributed by atoms with Crippen molar-refractivity contribution in [3.8, 4) is 0 Å². The third-order valence-electron chi connectivity index (χ3n) is 3.53. The molecule has 0 saturated carbocycles. The lowest BCUT2D eigenvalue weighted by molar-refractivity contribution is -0.127. The number of halogens is 1. The average Bonchev–Trinajstić information content (AvgIpc) is 2.67. The Bertz CT molecular complexity index is 530. The predicted molar refractivity (Wildman–Crippen MR) is 70.0 cm³/mol. The Morgan fingerprint density at radius 1 is 1.33 bits per heavy atom. The van der Waals surface area contributed by atoms with Gasteiger partial charge in [0.1, 0.15) is 6.04 Å². The fourth-order valence-electron chi connectivity index (χ4n) is 2.62. The Morgan fingerprint density at radius 3 is 2.94 bits per heavy atom. The highest BCUT2D eigenvalue weighted by Gasteiger charge is 2.37. The van der Waals surface area contributed by atoms with E-state index in [1.165, 1.54) is 0 Å². The molecule has 1 aromatic carbocycles. The highest BCUT2D eigenvalue weighted by atomic mass is 79.9. The number of nitrogens with one attached hydrogen (secondary N) is 1. The minimum Gasteiger partial charge on any atom is -0.354 e. The van der Waals surface area contributed by atoms with Gasteiger partial charge in [0.25, 0.3) is 5.91 Å². The second kappa shape index (κ2) is 4.39. The van der Waals surface area contributed by atoms with Crippen molar-refractivity contribution in [1.82, 2.24) is 10.2 Å². The first-order chi connectivity index (χ1) is 8.66. The van der Waals surface area contributed by atoms with Crippen molar-refractivity contribution in [1.29, 1.82) is 0 Å². The molecule has 2 amide bonds. The normalized spacial score (nSPS) is 22.9. The quantitative estimate of drug-likeness (QED) is 0.858. The van der Waals surface area contributed by atoms with Crippen LogP contribution in [-0.4, -0.2) is 29.3 Å². The molecule has 2 aliphatic rings. The number of nitrogens with zero attached hydrogens (tertiary/aromatic N) is 1. The van der Waals surface area contributed by atoms with Crippen molar-refractivity contribution in [2.45, 2.75) is 25.4 Å². The first-order valence-electron chi connectivity index (χ1n) is 6.04. The zero-order chi connectivity index (χ0) is 12.7. The minimum atomic E-state index is -0.308. The van der Waals surface area contributed by atoms with Crippen LogP contribution in [0.3, 0.4) is 0 Å². The number of hydrogen-bond acceptors (Lipinski definition) is 2. The monoisotopic (exact) mass is 308 g/mol. The Labute approximate surface area is 113 Å². The molecule has 1 atom stereocenters. The Morgan fingerprint density at radius 2 is 2.17 bits per heavy atom. The molecule has 0 bridgehead atoms. The third kappa shape index (κ3) is 1.82. The topological polar surface area (TPSA) is 49.4 Å². The summed E-state index contributed by atoms with van der Waals surface area (Å²) in [6.45, 7) is 1.25. The molecule has 2 aliphatic heterocycles. The molecule has 0 aliphatic carbocycles. The zero-order valence-corrected chi connectivity index (χ0v) is 11.4. The lowest BCUT2D eigenvalue weighted by atomic mass is 10.1. The molecule has 4 nitrogen and oxygen atoms in total. The van der Waals surface area contributed by atoms with Crippen LogP contribution in [0.2, 0.25) is 0 Å². The van der Waals surface area contributed by atoms with E-state index in [1.54, 1.807) is 4.90 Å². The lowest BCUT2D eigenvalue weighted by Gasteiger charge is -2.30. The van der Waals surface area contributed by atoms with Gasteiger partial charge in [-0.3, -0.25) is 9.59 Å². The number of rotatable bonds is 1. The summed E-state index contributed by atoms with van der Waals surface area (Å²) in [4.78, 5) is 25.8. The summed E-state index contributed by atoms with van der Waals surface area (Å²) >= 11 is 3.40. The van der Waals surface area contributed by atoms with Crippen LogP contribution in [0.25, 0.3) is 0 Å². The highest BCUT2D eigenvalue weighted by Crippen LogP contribution is 2.29. The summed E-state index contributed by atoms with van der Waals surface area (Å²) in [5.41, 5.74) is 1.71. The van der Waals surface area contributed by atoms with Gasteiger partial charge in [-0.05, 0) is 36.6 Å². The second-order valence-corrected chi connectivity index (χ2v) is 5.60. The summed E-state index contributed by atoms with van der Waals surface area (Å²) in [7, 11) is 0. The van der Waals surface area contributed by atoms with Crippen LogP contribution >= 0.6 is 15.9 Å². The van der Waals surface area contributed by atoms with Gasteiger partial charge in [0.2, 0.25) is 5.91 Å². The molecule has 0 unspecified atom stereocenters. The highest BCUT2D eigenvalue weighted by molar-refractivity contribution is 9.10. The summed E-state index contributed by atoms with van der Waals surface area (Å²) in [6.07, 6.45) is 1.69. The van der Waals surface area contributed by atoms with Crippen molar-refractivity contribution >= 4 is 27.7 Å². The molecule has 1 saturated heterocycles. The van der Waals surface area contributed by atoms with Gasteiger partial charge in [-0.15, -0.1) is 0 Å². The van der Waals surface area contributed by atoms with E-state index in [2.05, 4.69) is 21.2 Å². The SMILES string of the molecule is O=C1NCCC[C@@H]1N1Cc2cc(Br)ccc2C1=O. The molecule has 18 heavy (non-hydrogen) atoms. The number of fused-ring (bicyclic) bond motifs is 1. The molecule has 1 N–H and O–H groups in total. The van der Waals surface area contributed by atoms with Gasteiger partial charge in [0.05, 0.1) is 0 Å². The molecule has 0 aromatic heterocycles. The number of piperidine rings is 1. The van der Waals surface area contributed by atoms with Crippen molar-refractivity contribution < 1.29 is 9.59 Å². The Balaban J connectivity index is 1.89. The molecule has 0 radical (unpaired) electrons. The average molecular weight is 309 g/mol. The smallest absolute Gasteiger partial charge is 0.255 e. The summed E-state index contributed by atoms with van der Waals surface area (Å²) < 4.78 is 0.962. The van der Waals surface area contributed by atoms with Crippen LogP contribution in [0, 0.1) is 0 Å². The maximum Gasteiger partial charge on any atom is 0.255 e. The van der Waals surface area contributed by atoms with E-state index >= 15 is 0 Å². The van der Waals surface area contributed by atoms with Gasteiger partial charge in [-0.25, -0.2) is 0 Å². The molecule has 94 valence electrons. The van der Waals surface area contributed by atoms with Gasteiger partial charge >= 0.3 is 0 Å². The van der Waals surface area contributed by atoms with E-state index in [1.807, 2.05) is 18.2 Å². The molecular weight excluding hydrogens is 296 g/mol. The van der Waals surface area contributed by atoms with Crippen LogP contribution in [0.15, 0.2) is 22.7 Å². The van der Waals surface area contributed by atoms with E-state index < -0.39 is 0 Å². The van der Waals surface area contributed by atoms with E-state index in [9.17, 15) is 9.59 Å². The minimum absolute atomic E-state index is 0.0264. The Hall–Kier alpha value is -1.36. The van der Waals surface area contributed by atoms with Crippen LogP contribution in [-0.2, 0) is 11.3 Å². The summed E-state index contributed by atoms with van der Waals surface area (Å²) in [5.74, 6) is -0.0546. The lowest BCUT2D eigenvalue weighted by Crippen LogP contribution is -2.50. The van der Waals surface area contributed by atoms with Crippen molar-refractivity contribution in [3.05, 3.63) is 33.8 Å². The molecule has 0 spiro atoms. The fourth-order valence-corrected chi connectivity index (χ4v) is 3.03. The molecule has 2 heterocycles. The molecule has 5 heteroatoms. The number of hydrogen-bond donors (Lipinski definition) is 1. The maximum absolute atomic E-state index is 12.3. The van der Waals surface area contributed by atoms with Crippen molar-refractivity contribution in [2.75, 3.05) is 6.54 Å². The number of benzene rings is 1. The maximum atomic E-state index is 12.3. The third-order valence-corrected chi connectivity index (χ3v) is 4.02. The first kappa shape index (κ1) is 11.7. The van der Waals surface area contributed by atoms with Gasteiger partial charge < -0.3 is 10.2 Å². The molecule has 1 aromatic rings. The predicted octanol–water partition coefficient (Wildman–Crippen LogP) is 1.68. The molecule has 3 rings (SSSR count). The van der Waals surface area contributed by atoms with Crippen molar-refractivity contribution in [3.63, 3.8) is 0 Å². The molecular formula is C13H13BrN2O2. The number of carbonyl (C=O) groups excluding carboxylic acids is 2. The van der Waals surface area contributed by atoms with Crippen molar-refractivity contribution in [2.24, 2.45) is 0 Å². The van der Waals surface area contributed by atoms with E-state index in [0.717, 1.165) is 35.0 Å². The standard InChI is InChI=1S/C13H13BrN2O2/c14-9-3-4-10-8(6-9)7-16(13(10)18)11-2-1-5-15-12(11)17/h3-4,6,11H,1-2,5,7H2,(H,15,17)/t11-/m0/s1. The summed E-state index contributed by atoms with van der Waals surface area (Å²) in [5, 5.41) is 2.83. The van der Waals surface area contributed by atoms with Gasteiger partial charge in [0, 0.05) is 23.1 Å². The van der Waals surface area contributed by atoms with E-state index in [4.69, 9.17) is 0 Å². The zero-order valence-electron chi connectivity index (χ0n) is 9.78. The van der Waals surface area contributed by atoms with Crippen LogP contribution in [0.5, 0.6) is 0 Å². The van der Waals surface area contributed by atoms with Gasteiger partial charge in [-0.1, -0.05) is 15.9 Å². The second-order valence-electron chi connectivity index (χ2n) is 4.68. The van der Waals surface area contributed by atoms with Crippen LogP contribution in [0.1, 0.15) is 28.8 Å². The Kier molecular flexibility index (Phi) is 2.86. The largest absolute Gasteiger partial charge is 0.354 e. The molecule has 1 fully saturated rings. The van der Waals surface area contributed by atoms with E-state index in [-0.39, 0.29) is 17.9 Å². The fraction of sp³-hybridized carbons (Fsp3) is 0.385. The van der Waals surface area contributed by atoms with Gasteiger partial charge in [0.15, 0.2) is 0 Å². The van der Waals surface area contributed by atoms with Crippen LogP contribution < -0.4 is 5.32 Å².